The highest BCUT2D eigenvalue weighted by Gasteiger charge is 2.28. The molecule has 1 aliphatic rings. The van der Waals surface area contributed by atoms with Gasteiger partial charge in [0.05, 0.1) is 0 Å². The molecule has 3 heteroatoms. The maximum atomic E-state index is 5.86. The minimum Gasteiger partial charge on any atom is -0.399 e. The molecule has 1 aliphatic carbocycles. The number of nitrogen functional groups attached to an aromatic ring is 1. The first-order valence-electron chi connectivity index (χ1n) is 7.53. The Bertz CT molecular complexity index is 383. The van der Waals surface area contributed by atoms with Gasteiger partial charge in [-0.2, -0.15) is 0 Å². The normalized spacial score (nSPS) is 15.4. The van der Waals surface area contributed by atoms with E-state index in [-0.39, 0.29) is 0 Å². The fourth-order valence-electron chi connectivity index (χ4n) is 2.57. The Kier molecular flexibility index (Phi) is 5.23. The van der Waals surface area contributed by atoms with E-state index in [2.05, 4.69) is 41.8 Å². The molecule has 2 N–H and O–H groups in total. The van der Waals surface area contributed by atoms with Crippen LogP contribution >= 0.6 is 0 Å². The average molecular weight is 261 g/mol. The molecule has 0 heterocycles. The van der Waals surface area contributed by atoms with Gasteiger partial charge >= 0.3 is 0 Å². The van der Waals surface area contributed by atoms with Gasteiger partial charge in [0.15, 0.2) is 0 Å². The zero-order chi connectivity index (χ0) is 13.7. The van der Waals surface area contributed by atoms with E-state index in [1.807, 2.05) is 6.07 Å². The SMILES string of the molecule is CCN(CC)CCN(Cc1cccc(N)c1)C1CC1. The van der Waals surface area contributed by atoms with Crippen LogP contribution in [0.1, 0.15) is 32.3 Å². The van der Waals surface area contributed by atoms with Crippen LogP contribution in [0, 0.1) is 0 Å². The van der Waals surface area contributed by atoms with Crippen molar-refractivity contribution >= 4 is 5.69 Å². The van der Waals surface area contributed by atoms with Gasteiger partial charge < -0.3 is 10.6 Å². The van der Waals surface area contributed by atoms with Crippen LogP contribution in [0.25, 0.3) is 0 Å². The van der Waals surface area contributed by atoms with E-state index in [0.717, 1.165) is 31.4 Å². The Morgan fingerprint density at radius 3 is 2.47 bits per heavy atom. The molecule has 1 saturated carbocycles. The van der Waals surface area contributed by atoms with Crippen LogP contribution < -0.4 is 5.73 Å². The van der Waals surface area contributed by atoms with Crippen LogP contribution in [0.5, 0.6) is 0 Å². The van der Waals surface area contributed by atoms with E-state index in [4.69, 9.17) is 5.73 Å². The Morgan fingerprint density at radius 1 is 1.16 bits per heavy atom. The Morgan fingerprint density at radius 2 is 1.89 bits per heavy atom. The van der Waals surface area contributed by atoms with Gasteiger partial charge in [-0.3, -0.25) is 4.90 Å². The summed E-state index contributed by atoms with van der Waals surface area (Å²) in [6.07, 6.45) is 2.72. The standard InChI is InChI=1S/C16H27N3/c1-3-18(4-2)10-11-19(16-8-9-16)13-14-6-5-7-15(17)12-14/h5-7,12,16H,3-4,8-11,13,17H2,1-2H3. The molecule has 0 saturated heterocycles. The molecule has 19 heavy (non-hydrogen) atoms. The summed E-state index contributed by atoms with van der Waals surface area (Å²) in [7, 11) is 0. The molecule has 106 valence electrons. The molecule has 0 radical (unpaired) electrons. The molecule has 1 aromatic rings. The zero-order valence-corrected chi connectivity index (χ0v) is 12.3. The van der Waals surface area contributed by atoms with Crippen molar-refractivity contribution in [3.8, 4) is 0 Å². The predicted octanol–water partition coefficient (Wildman–Crippen LogP) is 2.58. The molecule has 0 aromatic heterocycles. The molecule has 1 aromatic carbocycles. The zero-order valence-electron chi connectivity index (χ0n) is 12.3. The maximum absolute atomic E-state index is 5.86. The first kappa shape index (κ1) is 14.4. The summed E-state index contributed by atoms with van der Waals surface area (Å²) in [5.74, 6) is 0. The quantitative estimate of drug-likeness (QED) is 0.730. The van der Waals surface area contributed by atoms with E-state index in [9.17, 15) is 0 Å². The second-order valence-corrected chi connectivity index (χ2v) is 5.47. The summed E-state index contributed by atoms with van der Waals surface area (Å²) >= 11 is 0. The lowest BCUT2D eigenvalue weighted by molar-refractivity contribution is 0.201. The third-order valence-corrected chi connectivity index (χ3v) is 4.00. The molecule has 2 rings (SSSR count). The summed E-state index contributed by atoms with van der Waals surface area (Å²) in [6.45, 7) is 10.1. The molecule has 0 unspecified atom stereocenters. The predicted molar refractivity (Wildman–Crippen MR) is 82.1 cm³/mol. The molecule has 3 nitrogen and oxygen atoms in total. The van der Waals surface area contributed by atoms with Gasteiger partial charge in [0, 0.05) is 31.4 Å². The fraction of sp³-hybridized carbons (Fsp3) is 0.625. The second kappa shape index (κ2) is 6.92. The lowest BCUT2D eigenvalue weighted by Gasteiger charge is -2.26. The number of hydrogen-bond acceptors (Lipinski definition) is 3. The van der Waals surface area contributed by atoms with E-state index in [0.29, 0.717) is 0 Å². The van der Waals surface area contributed by atoms with Crippen molar-refractivity contribution in [2.45, 2.75) is 39.3 Å². The average Bonchev–Trinajstić information content (AvgIpc) is 3.23. The second-order valence-electron chi connectivity index (χ2n) is 5.47. The van der Waals surface area contributed by atoms with E-state index >= 15 is 0 Å². The van der Waals surface area contributed by atoms with Gasteiger partial charge in [-0.25, -0.2) is 0 Å². The lowest BCUT2D eigenvalue weighted by atomic mass is 10.2. The summed E-state index contributed by atoms with van der Waals surface area (Å²) < 4.78 is 0. The van der Waals surface area contributed by atoms with Crippen LogP contribution in [0.15, 0.2) is 24.3 Å². The Labute approximate surface area is 117 Å². The van der Waals surface area contributed by atoms with Gasteiger partial charge in [-0.15, -0.1) is 0 Å². The summed E-state index contributed by atoms with van der Waals surface area (Å²) in [4.78, 5) is 5.11. The van der Waals surface area contributed by atoms with Crippen LogP contribution in [0.3, 0.4) is 0 Å². The molecule has 0 aliphatic heterocycles. The number of likely N-dealkylation sites (N-methyl/N-ethyl adjacent to an activating group) is 1. The van der Waals surface area contributed by atoms with Crippen molar-refractivity contribution in [2.75, 3.05) is 31.9 Å². The fourth-order valence-corrected chi connectivity index (χ4v) is 2.57. The Hall–Kier alpha value is -1.06. The van der Waals surface area contributed by atoms with Crippen LogP contribution in [-0.2, 0) is 6.54 Å². The van der Waals surface area contributed by atoms with Crippen LogP contribution in [-0.4, -0.2) is 42.0 Å². The Balaban J connectivity index is 1.89. The van der Waals surface area contributed by atoms with Crippen molar-refractivity contribution < 1.29 is 0 Å². The first-order valence-corrected chi connectivity index (χ1v) is 7.53. The van der Waals surface area contributed by atoms with Gasteiger partial charge in [0.25, 0.3) is 0 Å². The molecule has 0 atom stereocenters. The number of hydrogen-bond donors (Lipinski definition) is 1. The minimum absolute atomic E-state index is 0.803. The summed E-state index contributed by atoms with van der Waals surface area (Å²) in [5, 5.41) is 0. The molecular weight excluding hydrogens is 234 g/mol. The van der Waals surface area contributed by atoms with Crippen LogP contribution in [0.2, 0.25) is 0 Å². The highest BCUT2D eigenvalue weighted by atomic mass is 15.2. The molecule has 0 spiro atoms. The number of nitrogens with zero attached hydrogens (tertiary/aromatic N) is 2. The first-order chi connectivity index (χ1) is 9.22. The van der Waals surface area contributed by atoms with Gasteiger partial charge in [-0.1, -0.05) is 26.0 Å². The van der Waals surface area contributed by atoms with Gasteiger partial charge in [-0.05, 0) is 43.6 Å². The largest absolute Gasteiger partial charge is 0.399 e. The molecule has 0 bridgehead atoms. The summed E-state index contributed by atoms with van der Waals surface area (Å²) in [6, 6.07) is 9.11. The smallest absolute Gasteiger partial charge is 0.0317 e. The maximum Gasteiger partial charge on any atom is 0.0317 e. The molecule has 1 fully saturated rings. The van der Waals surface area contributed by atoms with Crippen molar-refractivity contribution in [3.05, 3.63) is 29.8 Å². The number of anilines is 1. The number of benzene rings is 1. The van der Waals surface area contributed by atoms with Crippen molar-refractivity contribution in [1.29, 1.82) is 0 Å². The van der Waals surface area contributed by atoms with E-state index < -0.39 is 0 Å². The van der Waals surface area contributed by atoms with Crippen molar-refractivity contribution in [1.82, 2.24) is 9.80 Å². The van der Waals surface area contributed by atoms with Gasteiger partial charge in [0.2, 0.25) is 0 Å². The number of nitrogens with two attached hydrogens (primary N) is 1. The van der Waals surface area contributed by atoms with Crippen molar-refractivity contribution in [3.63, 3.8) is 0 Å². The minimum atomic E-state index is 0.803. The van der Waals surface area contributed by atoms with E-state index in [1.165, 1.54) is 31.5 Å². The lowest BCUT2D eigenvalue weighted by Crippen LogP contribution is -2.36. The van der Waals surface area contributed by atoms with Gasteiger partial charge in [0.1, 0.15) is 0 Å². The highest BCUT2D eigenvalue weighted by Crippen LogP contribution is 2.28. The van der Waals surface area contributed by atoms with E-state index in [1.54, 1.807) is 0 Å². The highest BCUT2D eigenvalue weighted by molar-refractivity contribution is 5.40. The third kappa shape index (κ3) is 4.51. The molecule has 0 amide bonds. The number of rotatable bonds is 8. The third-order valence-electron chi connectivity index (χ3n) is 4.00. The monoisotopic (exact) mass is 261 g/mol. The van der Waals surface area contributed by atoms with Crippen LogP contribution in [0.4, 0.5) is 5.69 Å². The summed E-state index contributed by atoms with van der Waals surface area (Å²) in [5.41, 5.74) is 8.08. The van der Waals surface area contributed by atoms with Crippen molar-refractivity contribution in [2.24, 2.45) is 0 Å². The topological polar surface area (TPSA) is 32.5 Å². The molecular formula is C16H27N3.